The van der Waals surface area contributed by atoms with Crippen molar-refractivity contribution in [2.75, 3.05) is 31.7 Å². The van der Waals surface area contributed by atoms with Gasteiger partial charge in [0.25, 0.3) is 0 Å². The molecule has 0 spiro atoms. The van der Waals surface area contributed by atoms with Crippen molar-refractivity contribution in [2.45, 2.75) is 13.0 Å². The van der Waals surface area contributed by atoms with Crippen molar-refractivity contribution < 1.29 is 14.2 Å². The highest BCUT2D eigenvalue weighted by Crippen LogP contribution is 2.22. The van der Waals surface area contributed by atoms with Crippen LogP contribution in [0.25, 0.3) is 0 Å². The number of ether oxygens (including phenoxy) is 1. The number of anilines is 1. The minimum Gasteiger partial charge on any atom is -0.392 e. The maximum absolute atomic E-state index is 13.1. The Kier molecular flexibility index (Phi) is 6.12. The van der Waals surface area contributed by atoms with Gasteiger partial charge in [-0.3, -0.25) is 0 Å². The zero-order valence-corrected chi connectivity index (χ0v) is 10.4. The third kappa shape index (κ3) is 3.99. The molecule has 0 aliphatic carbocycles. The van der Waals surface area contributed by atoms with Crippen molar-refractivity contribution in [3.63, 3.8) is 0 Å². The summed E-state index contributed by atoms with van der Waals surface area (Å²) in [7, 11) is 1.60. The highest BCUT2D eigenvalue weighted by atomic mass is 19.1. The second-order valence-electron chi connectivity index (χ2n) is 3.82. The summed E-state index contributed by atoms with van der Waals surface area (Å²) in [6, 6.07) is 6.35. The van der Waals surface area contributed by atoms with Gasteiger partial charge in [-0.1, -0.05) is 0 Å². The minimum absolute atomic E-state index is 0.233. The molecule has 18 heavy (non-hydrogen) atoms. The summed E-state index contributed by atoms with van der Waals surface area (Å²) in [5, 5.41) is 17.9. The Labute approximate surface area is 106 Å². The monoisotopic (exact) mass is 252 g/mol. The van der Waals surface area contributed by atoms with Gasteiger partial charge in [-0.05, 0) is 18.2 Å². The van der Waals surface area contributed by atoms with Crippen LogP contribution in [0.4, 0.5) is 10.1 Å². The third-order valence-electron chi connectivity index (χ3n) is 2.61. The van der Waals surface area contributed by atoms with Gasteiger partial charge in [-0.15, -0.1) is 0 Å². The number of nitrogens with zero attached hydrogens (tertiary/aromatic N) is 2. The zero-order chi connectivity index (χ0) is 13.4. The molecular formula is C13H17FN2O2. The van der Waals surface area contributed by atoms with Crippen LogP contribution in [0.15, 0.2) is 18.2 Å². The SMILES string of the molecule is COCCN(CCC#N)c1ccc(F)cc1CO. The van der Waals surface area contributed by atoms with E-state index in [1.54, 1.807) is 13.2 Å². The van der Waals surface area contributed by atoms with Crippen molar-refractivity contribution in [3.05, 3.63) is 29.6 Å². The van der Waals surface area contributed by atoms with Crippen molar-refractivity contribution in [1.82, 2.24) is 0 Å². The van der Waals surface area contributed by atoms with Gasteiger partial charge >= 0.3 is 0 Å². The molecule has 1 aromatic rings. The fourth-order valence-electron chi connectivity index (χ4n) is 1.73. The summed E-state index contributed by atoms with van der Waals surface area (Å²) in [6.07, 6.45) is 0.367. The number of hydrogen-bond acceptors (Lipinski definition) is 4. The van der Waals surface area contributed by atoms with Crippen molar-refractivity contribution >= 4 is 5.69 Å². The van der Waals surface area contributed by atoms with Gasteiger partial charge < -0.3 is 14.7 Å². The lowest BCUT2D eigenvalue weighted by atomic mass is 10.1. The molecule has 1 N–H and O–H groups in total. The molecule has 0 atom stereocenters. The first-order valence-corrected chi connectivity index (χ1v) is 5.73. The molecule has 5 heteroatoms. The van der Waals surface area contributed by atoms with Crippen molar-refractivity contribution in [3.8, 4) is 6.07 Å². The first kappa shape index (κ1) is 14.4. The van der Waals surface area contributed by atoms with E-state index in [2.05, 4.69) is 6.07 Å². The highest BCUT2D eigenvalue weighted by molar-refractivity contribution is 5.53. The fraction of sp³-hybridized carbons (Fsp3) is 0.462. The van der Waals surface area contributed by atoms with Crippen LogP contribution in [0.5, 0.6) is 0 Å². The first-order valence-electron chi connectivity index (χ1n) is 5.73. The van der Waals surface area contributed by atoms with E-state index in [0.29, 0.717) is 31.7 Å². The van der Waals surface area contributed by atoms with Gasteiger partial charge in [0.2, 0.25) is 0 Å². The fourth-order valence-corrected chi connectivity index (χ4v) is 1.73. The predicted molar refractivity (Wildman–Crippen MR) is 66.6 cm³/mol. The molecule has 0 aromatic heterocycles. The van der Waals surface area contributed by atoms with E-state index in [0.717, 1.165) is 5.69 Å². The Morgan fingerprint density at radius 1 is 1.44 bits per heavy atom. The lowest BCUT2D eigenvalue weighted by molar-refractivity contribution is 0.205. The van der Waals surface area contributed by atoms with Crippen molar-refractivity contribution in [2.24, 2.45) is 0 Å². The van der Waals surface area contributed by atoms with E-state index in [9.17, 15) is 9.50 Å². The van der Waals surface area contributed by atoms with Gasteiger partial charge in [-0.2, -0.15) is 5.26 Å². The summed E-state index contributed by atoms with van der Waals surface area (Å²) >= 11 is 0. The topological polar surface area (TPSA) is 56.5 Å². The first-order chi connectivity index (χ1) is 8.72. The molecule has 0 aliphatic heterocycles. The van der Waals surface area contributed by atoms with Crippen LogP contribution in [0.2, 0.25) is 0 Å². The number of hydrogen-bond donors (Lipinski definition) is 1. The highest BCUT2D eigenvalue weighted by Gasteiger charge is 2.11. The molecule has 4 nitrogen and oxygen atoms in total. The summed E-state index contributed by atoms with van der Waals surface area (Å²) < 4.78 is 18.1. The number of methoxy groups -OCH3 is 1. The summed E-state index contributed by atoms with van der Waals surface area (Å²) in [5.41, 5.74) is 1.26. The second-order valence-corrected chi connectivity index (χ2v) is 3.82. The average Bonchev–Trinajstić information content (AvgIpc) is 2.39. The number of nitriles is 1. The van der Waals surface area contributed by atoms with Crippen LogP contribution in [-0.2, 0) is 11.3 Å². The maximum Gasteiger partial charge on any atom is 0.123 e. The van der Waals surface area contributed by atoms with Crippen LogP contribution < -0.4 is 4.90 Å². The Hall–Kier alpha value is -1.64. The molecule has 0 radical (unpaired) electrons. The van der Waals surface area contributed by atoms with Crippen LogP contribution >= 0.6 is 0 Å². The maximum atomic E-state index is 13.1. The number of aliphatic hydroxyl groups excluding tert-OH is 1. The third-order valence-corrected chi connectivity index (χ3v) is 2.61. The standard InChI is InChI=1S/C13H17FN2O2/c1-18-8-7-16(6-2-5-15)13-4-3-12(14)9-11(13)10-17/h3-4,9,17H,2,6-8,10H2,1H3. The predicted octanol–water partition coefficient (Wildman–Crippen LogP) is 1.68. The lowest BCUT2D eigenvalue weighted by Crippen LogP contribution is -2.29. The summed E-state index contributed by atoms with van der Waals surface area (Å²) in [4.78, 5) is 1.91. The molecule has 0 saturated carbocycles. The quantitative estimate of drug-likeness (QED) is 0.802. The Morgan fingerprint density at radius 2 is 2.22 bits per heavy atom. The molecule has 0 aliphatic rings. The van der Waals surface area contributed by atoms with Gasteiger partial charge in [-0.25, -0.2) is 4.39 Å². The lowest BCUT2D eigenvalue weighted by Gasteiger charge is -2.25. The Morgan fingerprint density at radius 3 is 2.83 bits per heavy atom. The largest absolute Gasteiger partial charge is 0.392 e. The molecule has 0 saturated heterocycles. The van der Waals surface area contributed by atoms with E-state index in [1.165, 1.54) is 12.1 Å². The second kappa shape index (κ2) is 7.64. The number of aliphatic hydroxyl groups is 1. The van der Waals surface area contributed by atoms with E-state index in [-0.39, 0.29) is 12.4 Å². The Balaban J connectivity index is 2.92. The molecule has 0 amide bonds. The van der Waals surface area contributed by atoms with E-state index in [1.807, 2.05) is 4.90 Å². The van der Waals surface area contributed by atoms with Crippen LogP contribution in [0.3, 0.4) is 0 Å². The summed E-state index contributed by atoms with van der Waals surface area (Å²) in [5.74, 6) is -0.380. The van der Waals surface area contributed by atoms with Gasteiger partial charge in [0.05, 0.1) is 25.7 Å². The van der Waals surface area contributed by atoms with Gasteiger partial charge in [0.15, 0.2) is 0 Å². The van der Waals surface area contributed by atoms with E-state index in [4.69, 9.17) is 10.00 Å². The Bertz CT molecular complexity index is 418. The van der Waals surface area contributed by atoms with Crippen LogP contribution in [0, 0.1) is 17.1 Å². The van der Waals surface area contributed by atoms with E-state index >= 15 is 0 Å². The molecular weight excluding hydrogens is 235 g/mol. The zero-order valence-electron chi connectivity index (χ0n) is 10.4. The smallest absolute Gasteiger partial charge is 0.123 e. The molecule has 1 aromatic carbocycles. The molecule has 1 rings (SSSR count). The van der Waals surface area contributed by atoms with Gasteiger partial charge in [0, 0.05) is 31.5 Å². The molecule has 0 fully saturated rings. The molecule has 0 unspecified atom stereocenters. The molecule has 0 heterocycles. The van der Waals surface area contributed by atoms with Crippen LogP contribution in [0.1, 0.15) is 12.0 Å². The molecule has 0 bridgehead atoms. The average molecular weight is 252 g/mol. The normalized spacial score (nSPS) is 10.1. The van der Waals surface area contributed by atoms with Gasteiger partial charge in [0.1, 0.15) is 5.82 Å². The summed E-state index contributed by atoms with van der Waals surface area (Å²) in [6.45, 7) is 1.39. The number of halogens is 1. The minimum atomic E-state index is -0.380. The van der Waals surface area contributed by atoms with Crippen LogP contribution in [-0.4, -0.2) is 31.9 Å². The van der Waals surface area contributed by atoms with Crippen molar-refractivity contribution in [1.29, 1.82) is 5.26 Å². The molecule has 98 valence electrons. The number of rotatable bonds is 7. The number of benzene rings is 1. The van der Waals surface area contributed by atoms with E-state index < -0.39 is 0 Å².